The van der Waals surface area contributed by atoms with Gasteiger partial charge in [-0.15, -0.1) is 0 Å². The molecule has 23 heavy (non-hydrogen) atoms. The third kappa shape index (κ3) is 2.46. The lowest BCUT2D eigenvalue weighted by atomic mass is 10.1. The average molecular weight is 301 g/mol. The molecule has 4 rings (SSSR count). The van der Waals surface area contributed by atoms with Gasteiger partial charge in [0.15, 0.2) is 0 Å². The lowest BCUT2D eigenvalue weighted by Gasteiger charge is -2.07. The van der Waals surface area contributed by atoms with Crippen LogP contribution in [0.25, 0.3) is 22.1 Å². The van der Waals surface area contributed by atoms with Crippen LogP contribution in [-0.2, 0) is 0 Å². The van der Waals surface area contributed by atoms with Crippen LogP contribution >= 0.6 is 0 Å². The fourth-order valence-electron chi connectivity index (χ4n) is 2.42. The number of hydrogen-bond acceptors (Lipinski definition) is 5. The van der Waals surface area contributed by atoms with Gasteiger partial charge in [-0.05, 0) is 30.3 Å². The minimum absolute atomic E-state index is 0.237. The molecule has 0 bridgehead atoms. The van der Waals surface area contributed by atoms with Crippen LogP contribution in [0, 0.1) is 0 Å². The number of benzene rings is 2. The third-order valence-electron chi connectivity index (χ3n) is 3.47. The lowest BCUT2D eigenvalue weighted by molar-refractivity contribution is 0.102. The van der Waals surface area contributed by atoms with Crippen LogP contribution in [-0.4, -0.2) is 25.8 Å². The molecule has 6 nitrogen and oxygen atoms in total. The second-order valence-electron chi connectivity index (χ2n) is 4.94. The van der Waals surface area contributed by atoms with Crippen molar-refractivity contribution in [3.63, 3.8) is 0 Å². The summed E-state index contributed by atoms with van der Waals surface area (Å²) in [5, 5.41) is 2.87. The first-order valence-electron chi connectivity index (χ1n) is 7.03. The molecule has 0 aliphatic rings. The number of amides is 1. The topological polar surface area (TPSA) is 80.7 Å². The van der Waals surface area contributed by atoms with Gasteiger partial charge in [0.05, 0.1) is 22.1 Å². The van der Waals surface area contributed by atoms with E-state index < -0.39 is 0 Å². The molecule has 6 heteroatoms. The lowest BCUT2D eigenvalue weighted by Crippen LogP contribution is -2.13. The molecule has 2 heterocycles. The van der Waals surface area contributed by atoms with E-state index in [1.54, 1.807) is 49.1 Å². The van der Waals surface area contributed by atoms with Gasteiger partial charge >= 0.3 is 0 Å². The smallest absolute Gasteiger partial charge is 0.257 e. The van der Waals surface area contributed by atoms with Gasteiger partial charge in [0.2, 0.25) is 0 Å². The number of anilines is 1. The predicted molar refractivity (Wildman–Crippen MR) is 87.0 cm³/mol. The monoisotopic (exact) mass is 301 g/mol. The molecule has 1 amide bonds. The van der Waals surface area contributed by atoms with Gasteiger partial charge in [0.1, 0.15) is 5.52 Å². The average Bonchev–Trinajstić information content (AvgIpc) is 2.61. The Kier molecular flexibility index (Phi) is 3.12. The summed E-state index contributed by atoms with van der Waals surface area (Å²) < 4.78 is 0. The molecule has 0 saturated carbocycles. The Morgan fingerprint density at radius 1 is 0.783 bits per heavy atom. The summed E-state index contributed by atoms with van der Waals surface area (Å²) in [6.07, 6.45) is 6.43. The van der Waals surface area contributed by atoms with E-state index in [0.29, 0.717) is 22.3 Å². The van der Waals surface area contributed by atoms with Gasteiger partial charge in [-0.25, -0.2) is 0 Å². The largest absolute Gasteiger partial charge is 0.322 e. The Bertz CT molecular complexity index is 1030. The molecule has 0 unspecified atom stereocenters. The number of fused-ring (bicyclic) bond motifs is 2. The Balaban J connectivity index is 1.70. The van der Waals surface area contributed by atoms with Crippen molar-refractivity contribution in [2.24, 2.45) is 0 Å². The minimum Gasteiger partial charge on any atom is -0.322 e. The summed E-state index contributed by atoms with van der Waals surface area (Å²) >= 11 is 0. The van der Waals surface area contributed by atoms with Gasteiger partial charge in [-0.1, -0.05) is 6.07 Å². The fraction of sp³-hybridized carbons (Fsp3) is 0. The van der Waals surface area contributed by atoms with Crippen molar-refractivity contribution in [2.75, 3.05) is 5.32 Å². The molecule has 0 fully saturated rings. The zero-order valence-corrected chi connectivity index (χ0v) is 12.0. The van der Waals surface area contributed by atoms with Gasteiger partial charge in [0, 0.05) is 30.5 Å². The highest BCUT2D eigenvalue weighted by Crippen LogP contribution is 2.18. The van der Waals surface area contributed by atoms with Crippen molar-refractivity contribution in [1.82, 2.24) is 19.9 Å². The molecule has 0 radical (unpaired) electrons. The maximum atomic E-state index is 12.5. The first-order valence-corrected chi connectivity index (χ1v) is 7.03. The number of carbonyl (C=O) groups is 1. The maximum absolute atomic E-state index is 12.5. The van der Waals surface area contributed by atoms with Gasteiger partial charge < -0.3 is 5.32 Å². The number of hydrogen-bond donors (Lipinski definition) is 1. The number of para-hydroxylation sites is 1. The summed E-state index contributed by atoms with van der Waals surface area (Å²) in [4.78, 5) is 29.5. The number of aromatic nitrogens is 4. The zero-order chi connectivity index (χ0) is 15.6. The van der Waals surface area contributed by atoms with Crippen molar-refractivity contribution in [1.29, 1.82) is 0 Å². The molecule has 4 aromatic rings. The normalized spacial score (nSPS) is 10.8. The summed E-state index contributed by atoms with van der Waals surface area (Å²) in [5.41, 5.74) is 3.90. The fourth-order valence-corrected chi connectivity index (χ4v) is 2.42. The van der Waals surface area contributed by atoms with Crippen LogP contribution in [0.3, 0.4) is 0 Å². The SMILES string of the molecule is O=C(Nc1ccc2nccnc2c1)c1cccc2nccnc12. The van der Waals surface area contributed by atoms with Crippen molar-refractivity contribution < 1.29 is 4.79 Å². The zero-order valence-electron chi connectivity index (χ0n) is 12.0. The summed E-state index contributed by atoms with van der Waals surface area (Å²) in [6, 6.07) is 10.7. The van der Waals surface area contributed by atoms with Crippen LogP contribution in [0.4, 0.5) is 5.69 Å². The third-order valence-corrected chi connectivity index (χ3v) is 3.47. The molecule has 2 aromatic heterocycles. The van der Waals surface area contributed by atoms with Crippen LogP contribution in [0.15, 0.2) is 61.2 Å². The van der Waals surface area contributed by atoms with Gasteiger partial charge in [-0.2, -0.15) is 0 Å². The van der Waals surface area contributed by atoms with Crippen LogP contribution in [0.1, 0.15) is 10.4 Å². The molecule has 110 valence electrons. The van der Waals surface area contributed by atoms with E-state index in [1.165, 1.54) is 0 Å². The number of nitrogens with zero attached hydrogens (tertiary/aromatic N) is 4. The Morgan fingerprint density at radius 2 is 1.52 bits per heavy atom. The molecular formula is C17H11N5O. The first kappa shape index (κ1) is 13.3. The Labute approximate surface area is 131 Å². The Morgan fingerprint density at radius 3 is 2.39 bits per heavy atom. The molecule has 2 aromatic carbocycles. The van der Waals surface area contributed by atoms with E-state index in [0.717, 1.165) is 11.0 Å². The molecule has 0 atom stereocenters. The van der Waals surface area contributed by atoms with Gasteiger partial charge in [0.25, 0.3) is 5.91 Å². The van der Waals surface area contributed by atoms with Crippen molar-refractivity contribution >= 4 is 33.7 Å². The highest BCUT2D eigenvalue weighted by atomic mass is 16.1. The van der Waals surface area contributed by atoms with E-state index >= 15 is 0 Å². The molecule has 0 aliphatic heterocycles. The first-order chi connectivity index (χ1) is 11.3. The molecule has 0 aliphatic carbocycles. The molecule has 1 N–H and O–H groups in total. The van der Waals surface area contributed by atoms with Crippen LogP contribution in [0.5, 0.6) is 0 Å². The minimum atomic E-state index is -0.237. The van der Waals surface area contributed by atoms with Crippen LogP contribution < -0.4 is 5.32 Å². The predicted octanol–water partition coefficient (Wildman–Crippen LogP) is 2.83. The number of carbonyl (C=O) groups excluding carboxylic acids is 1. The van der Waals surface area contributed by atoms with E-state index in [2.05, 4.69) is 25.3 Å². The van der Waals surface area contributed by atoms with Crippen molar-refractivity contribution in [3.8, 4) is 0 Å². The second kappa shape index (κ2) is 5.42. The number of rotatable bonds is 2. The molecular weight excluding hydrogens is 290 g/mol. The standard InChI is InChI=1S/C17H11N5O/c23-17(12-2-1-3-14-16(12)21-9-8-19-14)22-11-4-5-13-15(10-11)20-7-6-18-13/h1-10H,(H,22,23). The highest BCUT2D eigenvalue weighted by Gasteiger charge is 2.12. The quantitative estimate of drug-likeness (QED) is 0.615. The van der Waals surface area contributed by atoms with Crippen molar-refractivity contribution in [2.45, 2.75) is 0 Å². The molecule has 0 spiro atoms. The van der Waals surface area contributed by atoms with E-state index in [9.17, 15) is 4.79 Å². The van der Waals surface area contributed by atoms with E-state index in [-0.39, 0.29) is 5.91 Å². The van der Waals surface area contributed by atoms with Crippen LogP contribution in [0.2, 0.25) is 0 Å². The Hall–Kier alpha value is -3.41. The highest BCUT2D eigenvalue weighted by molar-refractivity contribution is 6.11. The number of nitrogens with one attached hydrogen (secondary N) is 1. The van der Waals surface area contributed by atoms with E-state index in [4.69, 9.17) is 0 Å². The molecule has 0 saturated heterocycles. The summed E-state index contributed by atoms with van der Waals surface area (Å²) in [7, 11) is 0. The second-order valence-corrected chi connectivity index (χ2v) is 4.94. The maximum Gasteiger partial charge on any atom is 0.257 e. The van der Waals surface area contributed by atoms with Crippen molar-refractivity contribution in [3.05, 3.63) is 66.7 Å². The summed E-state index contributed by atoms with van der Waals surface area (Å²) in [5.74, 6) is -0.237. The summed E-state index contributed by atoms with van der Waals surface area (Å²) in [6.45, 7) is 0. The van der Waals surface area contributed by atoms with E-state index in [1.807, 2.05) is 12.1 Å². The van der Waals surface area contributed by atoms with Gasteiger partial charge in [-0.3, -0.25) is 24.7 Å².